The van der Waals surface area contributed by atoms with Crippen LogP contribution in [0.4, 0.5) is 8.78 Å². The maximum absolute atomic E-state index is 13.4. The van der Waals surface area contributed by atoms with Gasteiger partial charge in [-0.1, -0.05) is 12.8 Å². The van der Waals surface area contributed by atoms with Crippen LogP contribution in [0.5, 0.6) is 0 Å². The van der Waals surface area contributed by atoms with Crippen LogP contribution in [0.15, 0.2) is 16.6 Å². The Bertz CT molecular complexity index is 445. The fourth-order valence-corrected chi connectivity index (χ4v) is 2.67. The van der Waals surface area contributed by atoms with Gasteiger partial charge in [-0.2, -0.15) is 0 Å². The Labute approximate surface area is 106 Å². The third kappa shape index (κ3) is 1.97. The molecule has 0 atom stereocenters. The maximum atomic E-state index is 13.4. The Morgan fingerprint density at radius 3 is 2.12 bits per heavy atom. The van der Waals surface area contributed by atoms with E-state index in [4.69, 9.17) is 0 Å². The van der Waals surface area contributed by atoms with Gasteiger partial charge in [0, 0.05) is 0 Å². The molecule has 1 aromatic carbocycles. The smallest absolute Gasteiger partial charge is 0.314 e. The van der Waals surface area contributed by atoms with Crippen molar-refractivity contribution in [1.29, 1.82) is 0 Å². The Hall–Kier alpha value is -0.970. The van der Waals surface area contributed by atoms with Crippen LogP contribution in [0, 0.1) is 11.6 Å². The number of hydrogen-bond acceptors (Lipinski definition) is 1. The van der Waals surface area contributed by atoms with Gasteiger partial charge in [0.2, 0.25) is 0 Å². The SMILES string of the molecule is O=C(O)C1(c2cc(F)c(Br)c(F)c2)CCCC1. The summed E-state index contributed by atoms with van der Waals surface area (Å²) in [5.74, 6) is -2.52. The maximum Gasteiger partial charge on any atom is 0.314 e. The average Bonchev–Trinajstić information content (AvgIpc) is 2.75. The topological polar surface area (TPSA) is 37.3 Å². The van der Waals surface area contributed by atoms with Crippen molar-refractivity contribution in [3.63, 3.8) is 0 Å². The van der Waals surface area contributed by atoms with Crippen LogP contribution in [0.25, 0.3) is 0 Å². The van der Waals surface area contributed by atoms with Crippen molar-refractivity contribution < 1.29 is 18.7 Å². The predicted octanol–water partition coefficient (Wildman–Crippen LogP) is 3.62. The van der Waals surface area contributed by atoms with Crippen LogP contribution in [0.2, 0.25) is 0 Å². The van der Waals surface area contributed by atoms with Crippen LogP contribution in [0.3, 0.4) is 0 Å². The lowest BCUT2D eigenvalue weighted by Crippen LogP contribution is -2.32. The minimum absolute atomic E-state index is 0.223. The summed E-state index contributed by atoms with van der Waals surface area (Å²) in [7, 11) is 0. The Kier molecular flexibility index (Phi) is 3.21. The number of carboxylic acid groups (broad SMARTS) is 1. The molecule has 0 saturated heterocycles. The van der Waals surface area contributed by atoms with E-state index in [-0.39, 0.29) is 10.0 Å². The summed E-state index contributed by atoms with van der Waals surface area (Å²) in [6, 6.07) is 2.24. The monoisotopic (exact) mass is 304 g/mol. The normalized spacial score (nSPS) is 18.3. The van der Waals surface area contributed by atoms with Gasteiger partial charge in [-0.25, -0.2) is 8.78 Å². The number of carbonyl (C=O) groups is 1. The number of benzene rings is 1. The van der Waals surface area contributed by atoms with E-state index >= 15 is 0 Å². The summed E-state index contributed by atoms with van der Waals surface area (Å²) in [6.45, 7) is 0. The van der Waals surface area contributed by atoms with Gasteiger partial charge < -0.3 is 5.11 Å². The molecule has 0 amide bonds. The Balaban J connectivity index is 2.55. The summed E-state index contributed by atoms with van der Waals surface area (Å²) in [4.78, 5) is 11.4. The minimum Gasteiger partial charge on any atom is -0.481 e. The molecule has 0 heterocycles. The van der Waals surface area contributed by atoms with Crippen LogP contribution >= 0.6 is 15.9 Å². The fourth-order valence-electron chi connectivity index (χ4n) is 2.44. The lowest BCUT2D eigenvalue weighted by atomic mass is 9.79. The van der Waals surface area contributed by atoms with Crippen molar-refractivity contribution in [1.82, 2.24) is 0 Å². The first kappa shape index (κ1) is 12.5. The molecule has 5 heteroatoms. The van der Waals surface area contributed by atoms with Gasteiger partial charge in [0.05, 0.1) is 9.89 Å². The fraction of sp³-hybridized carbons (Fsp3) is 0.417. The average molecular weight is 305 g/mol. The van der Waals surface area contributed by atoms with E-state index in [1.165, 1.54) is 0 Å². The summed E-state index contributed by atoms with van der Waals surface area (Å²) < 4.78 is 26.6. The molecule has 1 aliphatic carbocycles. The molecule has 1 N–H and O–H groups in total. The summed E-state index contributed by atoms with van der Waals surface area (Å²) in [6.07, 6.45) is 2.41. The second-order valence-corrected chi connectivity index (χ2v) is 5.14. The zero-order valence-corrected chi connectivity index (χ0v) is 10.6. The molecular weight excluding hydrogens is 294 g/mol. The lowest BCUT2D eigenvalue weighted by molar-refractivity contribution is -0.143. The highest BCUT2D eigenvalue weighted by molar-refractivity contribution is 9.10. The number of halogens is 3. The first-order valence-electron chi connectivity index (χ1n) is 5.36. The van der Waals surface area contributed by atoms with Crippen molar-refractivity contribution in [2.24, 2.45) is 0 Å². The van der Waals surface area contributed by atoms with Crippen LogP contribution in [-0.2, 0) is 10.2 Å². The molecule has 1 saturated carbocycles. The molecular formula is C12H11BrF2O2. The highest BCUT2D eigenvalue weighted by atomic mass is 79.9. The van der Waals surface area contributed by atoms with Crippen molar-refractivity contribution in [2.75, 3.05) is 0 Å². The molecule has 0 aromatic heterocycles. The predicted molar refractivity (Wildman–Crippen MR) is 61.8 cm³/mol. The standard InChI is InChI=1S/C12H11BrF2O2/c13-10-8(14)5-7(6-9(10)15)12(11(16)17)3-1-2-4-12/h5-6H,1-4H2,(H,16,17). The van der Waals surface area contributed by atoms with Crippen LogP contribution in [0.1, 0.15) is 31.2 Å². The molecule has 0 aliphatic heterocycles. The van der Waals surface area contributed by atoms with Gasteiger partial charge in [0.1, 0.15) is 11.6 Å². The highest BCUT2D eigenvalue weighted by Crippen LogP contribution is 2.42. The van der Waals surface area contributed by atoms with Crippen molar-refractivity contribution in [3.05, 3.63) is 33.8 Å². The van der Waals surface area contributed by atoms with E-state index < -0.39 is 23.0 Å². The summed E-state index contributed by atoms with van der Waals surface area (Å²) in [5.41, 5.74) is -0.900. The van der Waals surface area contributed by atoms with E-state index in [1.807, 2.05) is 0 Å². The van der Waals surface area contributed by atoms with Gasteiger partial charge >= 0.3 is 5.97 Å². The highest BCUT2D eigenvalue weighted by Gasteiger charge is 2.43. The number of rotatable bonds is 2. The van der Waals surface area contributed by atoms with E-state index in [0.717, 1.165) is 25.0 Å². The summed E-state index contributed by atoms with van der Waals surface area (Å²) >= 11 is 2.78. The molecule has 17 heavy (non-hydrogen) atoms. The molecule has 0 spiro atoms. The van der Waals surface area contributed by atoms with Crippen molar-refractivity contribution in [2.45, 2.75) is 31.1 Å². The Morgan fingerprint density at radius 1 is 1.24 bits per heavy atom. The lowest BCUT2D eigenvalue weighted by Gasteiger charge is -2.24. The third-order valence-corrected chi connectivity index (χ3v) is 4.16. The van der Waals surface area contributed by atoms with Crippen LogP contribution < -0.4 is 0 Å². The zero-order chi connectivity index (χ0) is 12.6. The molecule has 92 valence electrons. The van der Waals surface area contributed by atoms with Gasteiger partial charge in [-0.15, -0.1) is 0 Å². The third-order valence-electron chi connectivity index (χ3n) is 3.40. The van der Waals surface area contributed by atoms with Gasteiger partial charge in [0.25, 0.3) is 0 Å². The molecule has 2 nitrogen and oxygen atoms in total. The Morgan fingerprint density at radius 2 is 1.71 bits per heavy atom. The van der Waals surface area contributed by atoms with Gasteiger partial charge in [-0.3, -0.25) is 4.79 Å². The van der Waals surface area contributed by atoms with Gasteiger partial charge in [0.15, 0.2) is 0 Å². The van der Waals surface area contributed by atoms with E-state index in [9.17, 15) is 18.7 Å². The second-order valence-electron chi connectivity index (χ2n) is 4.35. The minimum atomic E-state index is -1.12. The first-order valence-corrected chi connectivity index (χ1v) is 6.15. The largest absolute Gasteiger partial charge is 0.481 e. The van der Waals surface area contributed by atoms with E-state index in [0.29, 0.717) is 12.8 Å². The molecule has 1 aliphatic rings. The van der Waals surface area contributed by atoms with Crippen molar-refractivity contribution >= 4 is 21.9 Å². The van der Waals surface area contributed by atoms with Crippen LogP contribution in [-0.4, -0.2) is 11.1 Å². The quantitative estimate of drug-likeness (QED) is 0.847. The molecule has 0 bridgehead atoms. The molecule has 0 unspecified atom stereocenters. The number of aliphatic carboxylic acids is 1. The molecule has 1 aromatic rings. The number of carboxylic acids is 1. The van der Waals surface area contributed by atoms with E-state index in [2.05, 4.69) is 15.9 Å². The van der Waals surface area contributed by atoms with Crippen molar-refractivity contribution in [3.8, 4) is 0 Å². The van der Waals surface area contributed by atoms with E-state index in [1.54, 1.807) is 0 Å². The number of hydrogen-bond donors (Lipinski definition) is 1. The first-order chi connectivity index (χ1) is 7.97. The molecule has 1 fully saturated rings. The molecule has 2 rings (SSSR count). The van der Waals surface area contributed by atoms with Gasteiger partial charge in [-0.05, 0) is 46.5 Å². The summed E-state index contributed by atoms with van der Waals surface area (Å²) in [5, 5.41) is 9.31. The zero-order valence-electron chi connectivity index (χ0n) is 8.97. The second kappa shape index (κ2) is 4.37. The molecule has 0 radical (unpaired) electrons.